The van der Waals surface area contributed by atoms with Crippen molar-refractivity contribution in [2.75, 3.05) is 19.7 Å². The van der Waals surface area contributed by atoms with Crippen LogP contribution >= 0.6 is 0 Å². The second kappa shape index (κ2) is 7.55. The molecular weight excluding hydrogens is 222 g/mol. The number of piperidine rings is 1. The Hall–Kier alpha value is -0.860. The highest BCUT2D eigenvalue weighted by Crippen LogP contribution is 2.13. The van der Waals surface area contributed by atoms with Gasteiger partial charge in [0, 0.05) is 6.61 Å². The fourth-order valence-electron chi connectivity index (χ4n) is 2.48. The largest absolute Gasteiger partial charge is 0.376 e. The summed E-state index contributed by atoms with van der Waals surface area (Å²) in [4.78, 5) is 0. The predicted molar refractivity (Wildman–Crippen MR) is 75.7 cm³/mol. The molecule has 1 fully saturated rings. The van der Waals surface area contributed by atoms with Crippen LogP contribution in [-0.4, -0.2) is 19.7 Å². The van der Waals surface area contributed by atoms with Crippen LogP contribution < -0.4 is 5.32 Å². The maximum absolute atomic E-state index is 5.83. The van der Waals surface area contributed by atoms with Crippen LogP contribution in [0, 0.1) is 5.92 Å². The maximum Gasteiger partial charge on any atom is 0.0717 e. The first-order valence-corrected chi connectivity index (χ1v) is 7.24. The van der Waals surface area contributed by atoms with E-state index < -0.39 is 0 Å². The highest BCUT2D eigenvalue weighted by atomic mass is 16.5. The summed E-state index contributed by atoms with van der Waals surface area (Å²) in [7, 11) is 0. The molecule has 1 N–H and O–H groups in total. The molecule has 0 spiro atoms. The zero-order chi connectivity index (χ0) is 12.6. The molecule has 1 aliphatic rings. The molecule has 0 aromatic heterocycles. The number of nitrogens with one attached hydrogen (secondary N) is 1. The minimum absolute atomic E-state index is 0.755. The van der Waals surface area contributed by atoms with Crippen molar-refractivity contribution in [3.63, 3.8) is 0 Å². The van der Waals surface area contributed by atoms with Crippen LogP contribution in [0.2, 0.25) is 0 Å². The Morgan fingerprint density at radius 1 is 1.11 bits per heavy atom. The molecule has 2 rings (SSSR count). The van der Waals surface area contributed by atoms with Crippen LogP contribution in [0.5, 0.6) is 0 Å². The molecule has 0 aliphatic carbocycles. The van der Waals surface area contributed by atoms with Crippen LogP contribution in [0.1, 0.15) is 37.3 Å². The van der Waals surface area contributed by atoms with Gasteiger partial charge in [0.25, 0.3) is 0 Å². The zero-order valence-corrected chi connectivity index (χ0v) is 11.5. The Bertz CT molecular complexity index is 327. The molecule has 1 aromatic rings. The van der Waals surface area contributed by atoms with Crippen molar-refractivity contribution in [2.24, 2.45) is 5.92 Å². The van der Waals surface area contributed by atoms with Crippen LogP contribution in [0.25, 0.3) is 0 Å². The monoisotopic (exact) mass is 247 g/mol. The summed E-state index contributed by atoms with van der Waals surface area (Å²) in [5.41, 5.74) is 2.73. The molecule has 2 heteroatoms. The van der Waals surface area contributed by atoms with E-state index in [1.165, 1.54) is 36.8 Å². The number of rotatable bonds is 6. The van der Waals surface area contributed by atoms with E-state index >= 15 is 0 Å². The summed E-state index contributed by atoms with van der Waals surface area (Å²) < 4.78 is 5.83. The molecule has 1 saturated heterocycles. The summed E-state index contributed by atoms with van der Waals surface area (Å²) in [5, 5.41) is 3.39. The van der Waals surface area contributed by atoms with E-state index in [9.17, 15) is 0 Å². The van der Waals surface area contributed by atoms with Gasteiger partial charge in [0.2, 0.25) is 0 Å². The Morgan fingerprint density at radius 3 is 2.44 bits per heavy atom. The van der Waals surface area contributed by atoms with Crippen molar-refractivity contribution >= 4 is 0 Å². The lowest BCUT2D eigenvalue weighted by molar-refractivity contribution is 0.0763. The van der Waals surface area contributed by atoms with Gasteiger partial charge in [-0.2, -0.15) is 0 Å². The molecule has 1 aliphatic heterocycles. The molecule has 2 nitrogen and oxygen atoms in total. The van der Waals surface area contributed by atoms with Gasteiger partial charge in [0.15, 0.2) is 0 Å². The molecule has 18 heavy (non-hydrogen) atoms. The maximum atomic E-state index is 5.83. The van der Waals surface area contributed by atoms with E-state index in [4.69, 9.17) is 4.74 Å². The van der Waals surface area contributed by atoms with Gasteiger partial charge in [-0.05, 0) is 49.4 Å². The van der Waals surface area contributed by atoms with Crippen molar-refractivity contribution in [3.05, 3.63) is 35.4 Å². The van der Waals surface area contributed by atoms with Crippen LogP contribution in [0.4, 0.5) is 0 Å². The first kappa shape index (κ1) is 13.6. The molecule has 100 valence electrons. The van der Waals surface area contributed by atoms with E-state index in [2.05, 4.69) is 36.5 Å². The molecule has 0 amide bonds. The molecule has 0 saturated carbocycles. The van der Waals surface area contributed by atoms with Gasteiger partial charge in [-0.15, -0.1) is 0 Å². The van der Waals surface area contributed by atoms with Gasteiger partial charge in [0.1, 0.15) is 0 Å². The van der Waals surface area contributed by atoms with Crippen LogP contribution in [0.15, 0.2) is 24.3 Å². The molecule has 1 heterocycles. The highest BCUT2D eigenvalue weighted by Gasteiger charge is 2.12. The topological polar surface area (TPSA) is 21.3 Å². The molecular formula is C16H25NO. The molecule has 1 aromatic carbocycles. The number of benzene rings is 1. The Labute approximate surface area is 111 Å². The van der Waals surface area contributed by atoms with Crippen molar-refractivity contribution in [3.8, 4) is 0 Å². The van der Waals surface area contributed by atoms with Crippen molar-refractivity contribution in [2.45, 2.75) is 39.2 Å². The van der Waals surface area contributed by atoms with Gasteiger partial charge in [-0.25, -0.2) is 0 Å². The molecule has 0 unspecified atom stereocenters. The zero-order valence-electron chi connectivity index (χ0n) is 11.5. The minimum atomic E-state index is 0.755. The third-order valence-electron chi connectivity index (χ3n) is 3.64. The number of hydrogen-bond donors (Lipinski definition) is 1. The van der Waals surface area contributed by atoms with Gasteiger partial charge in [-0.1, -0.05) is 37.6 Å². The third-order valence-corrected chi connectivity index (χ3v) is 3.64. The second-order valence-electron chi connectivity index (χ2n) is 5.28. The summed E-state index contributed by atoms with van der Waals surface area (Å²) in [6.45, 7) is 6.20. The number of aryl methyl sites for hydroxylation is 1. The second-order valence-corrected chi connectivity index (χ2v) is 5.28. The van der Waals surface area contributed by atoms with E-state index in [0.717, 1.165) is 32.2 Å². The van der Waals surface area contributed by atoms with E-state index in [1.807, 2.05) is 0 Å². The third kappa shape index (κ3) is 4.43. The fourth-order valence-corrected chi connectivity index (χ4v) is 2.48. The Balaban J connectivity index is 1.69. The van der Waals surface area contributed by atoms with Gasteiger partial charge < -0.3 is 10.1 Å². The van der Waals surface area contributed by atoms with Gasteiger partial charge >= 0.3 is 0 Å². The molecule has 0 radical (unpaired) electrons. The van der Waals surface area contributed by atoms with Crippen molar-refractivity contribution in [1.29, 1.82) is 0 Å². The Morgan fingerprint density at radius 2 is 1.78 bits per heavy atom. The normalized spacial score (nSPS) is 16.9. The van der Waals surface area contributed by atoms with Gasteiger partial charge in [-0.3, -0.25) is 0 Å². The lowest BCUT2D eigenvalue weighted by Crippen LogP contribution is -2.29. The van der Waals surface area contributed by atoms with Crippen LogP contribution in [0.3, 0.4) is 0 Å². The minimum Gasteiger partial charge on any atom is -0.376 e. The van der Waals surface area contributed by atoms with Crippen molar-refractivity contribution in [1.82, 2.24) is 5.32 Å². The Kier molecular flexibility index (Phi) is 5.69. The van der Waals surface area contributed by atoms with E-state index in [0.29, 0.717) is 0 Å². The van der Waals surface area contributed by atoms with Gasteiger partial charge in [0.05, 0.1) is 6.61 Å². The summed E-state index contributed by atoms with van der Waals surface area (Å²) in [5.74, 6) is 0.755. The average molecular weight is 247 g/mol. The predicted octanol–water partition coefficient (Wildman–Crippen LogP) is 3.16. The average Bonchev–Trinajstić information content (AvgIpc) is 2.42. The van der Waals surface area contributed by atoms with E-state index in [1.54, 1.807) is 0 Å². The smallest absolute Gasteiger partial charge is 0.0717 e. The van der Waals surface area contributed by atoms with Crippen molar-refractivity contribution < 1.29 is 4.74 Å². The first-order chi connectivity index (χ1) is 8.88. The first-order valence-electron chi connectivity index (χ1n) is 7.24. The van der Waals surface area contributed by atoms with Crippen LogP contribution in [-0.2, 0) is 17.8 Å². The summed E-state index contributed by atoms with van der Waals surface area (Å²) in [6, 6.07) is 8.86. The molecule has 0 bridgehead atoms. The highest BCUT2D eigenvalue weighted by molar-refractivity contribution is 5.22. The quantitative estimate of drug-likeness (QED) is 0.833. The summed E-state index contributed by atoms with van der Waals surface area (Å²) >= 11 is 0. The fraction of sp³-hybridized carbons (Fsp3) is 0.625. The lowest BCUT2D eigenvalue weighted by Gasteiger charge is -2.22. The molecule has 0 atom stereocenters. The standard InChI is InChI=1S/C16H25NO/c1-2-3-14-4-6-15(7-5-14)12-18-13-16-8-10-17-11-9-16/h4-7,16-17H,2-3,8-13H2,1H3. The summed E-state index contributed by atoms with van der Waals surface area (Å²) in [6.07, 6.45) is 4.91. The number of ether oxygens (including phenoxy) is 1. The SMILES string of the molecule is CCCc1ccc(COCC2CCNCC2)cc1. The lowest BCUT2D eigenvalue weighted by atomic mass is 9.99. The number of hydrogen-bond acceptors (Lipinski definition) is 2. The van der Waals surface area contributed by atoms with E-state index in [-0.39, 0.29) is 0 Å².